The zero-order valence-corrected chi connectivity index (χ0v) is 11.3. The first-order valence-electron chi connectivity index (χ1n) is 5.80. The fourth-order valence-electron chi connectivity index (χ4n) is 1.59. The number of hydrogen-bond acceptors (Lipinski definition) is 4. The summed E-state index contributed by atoms with van der Waals surface area (Å²) >= 11 is 1.67. The maximum atomic E-state index is 4.50. The van der Waals surface area contributed by atoms with Gasteiger partial charge in [0.25, 0.3) is 0 Å². The summed E-state index contributed by atoms with van der Waals surface area (Å²) in [5.41, 5.74) is 2.90. The fraction of sp³-hybridized carbons (Fsp3) is 0.500. The molecule has 2 aromatic heterocycles. The van der Waals surface area contributed by atoms with Crippen LogP contribution in [0.1, 0.15) is 24.4 Å². The van der Waals surface area contributed by atoms with Crippen molar-refractivity contribution in [3.05, 3.63) is 28.5 Å². The average Bonchev–Trinajstić information content (AvgIpc) is 2.86. The van der Waals surface area contributed by atoms with Gasteiger partial charge in [-0.3, -0.25) is 4.98 Å². The van der Waals surface area contributed by atoms with Crippen molar-refractivity contribution in [2.45, 2.75) is 27.3 Å². The second-order valence-electron chi connectivity index (χ2n) is 4.58. The van der Waals surface area contributed by atoms with Crippen LogP contribution in [0.2, 0.25) is 0 Å². The largest absolute Gasteiger partial charge is 0.355 e. The van der Waals surface area contributed by atoms with Crippen molar-refractivity contribution in [1.82, 2.24) is 14.5 Å². The van der Waals surface area contributed by atoms with E-state index < -0.39 is 0 Å². The van der Waals surface area contributed by atoms with Gasteiger partial charge in [0.05, 0.1) is 17.7 Å². The van der Waals surface area contributed by atoms with Gasteiger partial charge in [0.15, 0.2) is 0 Å². The lowest BCUT2D eigenvalue weighted by Gasteiger charge is -2.10. The van der Waals surface area contributed by atoms with Gasteiger partial charge in [-0.05, 0) is 12.8 Å². The van der Waals surface area contributed by atoms with Crippen molar-refractivity contribution in [3.63, 3.8) is 0 Å². The van der Waals surface area contributed by atoms with Crippen molar-refractivity contribution in [1.29, 1.82) is 0 Å². The maximum absolute atomic E-state index is 4.50. The van der Waals surface area contributed by atoms with Gasteiger partial charge in [0, 0.05) is 23.8 Å². The van der Waals surface area contributed by atoms with Crippen LogP contribution in [0.15, 0.2) is 17.9 Å². The first kappa shape index (κ1) is 12.1. The van der Waals surface area contributed by atoms with Crippen molar-refractivity contribution in [2.24, 2.45) is 5.92 Å². The fourth-order valence-corrected chi connectivity index (χ4v) is 2.18. The molecule has 2 aromatic rings. The molecule has 0 aliphatic heterocycles. The molecular formula is C12H18N4S. The second-order valence-corrected chi connectivity index (χ2v) is 5.55. The van der Waals surface area contributed by atoms with Gasteiger partial charge in [-0.2, -0.15) is 0 Å². The SMILES string of the molecule is Cc1cn(Cc2cncs2)c(NCC(C)C)n1. The predicted molar refractivity (Wildman–Crippen MR) is 71.5 cm³/mol. The van der Waals surface area contributed by atoms with E-state index in [1.54, 1.807) is 11.3 Å². The highest BCUT2D eigenvalue weighted by atomic mass is 32.1. The smallest absolute Gasteiger partial charge is 0.203 e. The summed E-state index contributed by atoms with van der Waals surface area (Å²) in [4.78, 5) is 9.84. The highest BCUT2D eigenvalue weighted by molar-refractivity contribution is 7.09. The molecule has 0 saturated heterocycles. The molecule has 4 nitrogen and oxygen atoms in total. The number of rotatable bonds is 5. The van der Waals surface area contributed by atoms with Crippen LogP contribution in [0.3, 0.4) is 0 Å². The molecule has 0 aliphatic carbocycles. The molecule has 0 amide bonds. The Labute approximate surface area is 106 Å². The number of nitrogens with zero attached hydrogens (tertiary/aromatic N) is 3. The van der Waals surface area contributed by atoms with Gasteiger partial charge in [0.1, 0.15) is 0 Å². The van der Waals surface area contributed by atoms with E-state index in [1.807, 2.05) is 18.6 Å². The number of aryl methyl sites for hydroxylation is 1. The summed E-state index contributed by atoms with van der Waals surface area (Å²) in [5, 5.41) is 3.38. The van der Waals surface area contributed by atoms with Crippen molar-refractivity contribution < 1.29 is 0 Å². The Morgan fingerprint density at radius 2 is 2.29 bits per heavy atom. The molecule has 0 aliphatic rings. The second kappa shape index (κ2) is 5.31. The first-order valence-corrected chi connectivity index (χ1v) is 6.68. The summed E-state index contributed by atoms with van der Waals surface area (Å²) < 4.78 is 2.14. The molecule has 1 N–H and O–H groups in total. The molecule has 0 saturated carbocycles. The monoisotopic (exact) mass is 250 g/mol. The highest BCUT2D eigenvalue weighted by Crippen LogP contribution is 2.14. The summed E-state index contributed by atoms with van der Waals surface area (Å²) in [6.07, 6.45) is 3.98. The molecule has 92 valence electrons. The van der Waals surface area contributed by atoms with Crippen molar-refractivity contribution in [3.8, 4) is 0 Å². The molecule has 0 fully saturated rings. The normalized spacial score (nSPS) is 11.1. The molecule has 2 heterocycles. The first-order chi connectivity index (χ1) is 8.15. The lowest BCUT2D eigenvalue weighted by Crippen LogP contribution is -2.12. The Morgan fingerprint density at radius 1 is 1.47 bits per heavy atom. The summed E-state index contributed by atoms with van der Waals surface area (Å²) in [5.74, 6) is 1.56. The summed E-state index contributed by atoms with van der Waals surface area (Å²) in [6, 6.07) is 0. The topological polar surface area (TPSA) is 42.7 Å². The minimum Gasteiger partial charge on any atom is -0.355 e. The van der Waals surface area contributed by atoms with E-state index in [-0.39, 0.29) is 0 Å². The number of imidazole rings is 1. The minimum absolute atomic E-state index is 0.615. The van der Waals surface area contributed by atoms with E-state index >= 15 is 0 Å². The van der Waals surface area contributed by atoms with Gasteiger partial charge in [0.2, 0.25) is 5.95 Å². The quantitative estimate of drug-likeness (QED) is 0.887. The number of anilines is 1. The van der Waals surface area contributed by atoms with Crippen LogP contribution in [0.5, 0.6) is 0 Å². The number of thiazole rings is 1. The average molecular weight is 250 g/mol. The Hall–Kier alpha value is -1.36. The van der Waals surface area contributed by atoms with E-state index in [9.17, 15) is 0 Å². The molecule has 2 rings (SSSR count). The van der Waals surface area contributed by atoms with Gasteiger partial charge in [-0.15, -0.1) is 11.3 Å². The van der Waals surface area contributed by atoms with Gasteiger partial charge >= 0.3 is 0 Å². The standard InChI is InChI=1S/C12H18N4S/c1-9(2)4-14-12-15-10(3)6-16(12)7-11-5-13-8-17-11/h5-6,8-9H,4,7H2,1-3H3,(H,14,15). The number of nitrogens with one attached hydrogen (secondary N) is 1. The highest BCUT2D eigenvalue weighted by Gasteiger charge is 2.07. The van der Waals surface area contributed by atoms with Crippen molar-refractivity contribution in [2.75, 3.05) is 11.9 Å². The van der Waals surface area contributed by atoms with Crippen LogP contribution in [0.25, 0.3) is 0 Å². The Morgan fingerprint density at radius 3 is 2.94 bits per heavy atom. The Balaban J connectivity index is 2.10. The summed E-state index contributed by atoms with van der Waals surface area (Å²) in [6.45, 7) is 8.18. The zero-order valence-electron chi connectivity index (χ0n) is 10.5. The molecule has 0 atom stereocenters. The molecular weight excluding hydrogens is 232 g/mol. The van der Waals surface area contributed by atoms with E-state index in [0.717, 1.165) is 24.7 Å². The van der Waals surface area contributed by atoms with Gasteiger partial charge in [-0.1, -0.05) is 13.8 Å². The van der Waals surface area contributed by atoms with Crippen LogP contribution >= 0.6 is 11.3 Å². The zero-order chi connectivity index (χ0) is 12.3. The predicted octanol–water partition coefficient (Wildman–Crippen LogP) is 2.76. The van der Waals surface area contributed by atoms with Crippen LogP contribution in [-0.4, -0.2) is 21.1 Å². The van der Waals surface area contributed by atoms with Crippen molar-refractivity contribution >= 4 is 17.3 Å². The summed E-state index contributed by atoms with van der Waals surface area (Å²) in [7, 11) is 0. The molecule has 17 heavy (non-hydrogen) atoms. The Bertz CT molecular complexity index is 459. The Kier molecular flexibility index (Phi) is 3.78. The third kappa shape index (κ3) is 3.30. The maximum Gasteiger partial charge on any atom is 0.203 e. The van der Waals surface area contributed by atoms with E-state index in [0.29, 0.717) is 5.92 Å². The van der Waals surface area contributed by atoms with E-state index in [2.05, 4.69) is 39.9 Å². The van der Waals surface area contributed by atoms with Gasteiger partial charge in [-0.25, -0.2) is 4.98 Å². The molecule has 5 heteroatoms. The lowest BCUT2D eigenvalue weighted by molar-refractivity contribution is 0.677. The molecule has 0 aromatic carbocycles. The van der Waals surface area contributed by atoms with Gasteiger partial charge < -0.3 is 9.88 Å². The number of hydrogen-bond donors (Lipinski definition) is 1. The van der Waals surface area contributed by atoms with Crippen LogP contribution < -0.4 is 5.32 Å². The third-order valence-corrected chi connectivity index (χ3v) is 3.14. The van der Waals surface area contributed by atoms with Crippen LogP contribution in [-0.2, 0) is 6.54 Å². The molecule has 0 bridgehead atoms. The third-order valence-electron chi connectivity index (χ3n) is 2.38. The molecule has 0 unspecified atom stereocenters. The minimum atomic E-state index is 0.615. The van der Waals surface area contributed by atoms with Crippen LogP contribution in [0.4, 0.5) is 5.95 Å². The van der Waals surface area contributed by atoms with E-state index in [4.69, 9.17) is 0 Å². The lowest BCUT2D eigenvalue weighted by atomic mass is 10.2. The van der Waals surface area contributed by atoms with Crippen LogP contribution in [0, 0.1) is 12.8 Å². The van der Waals surface area contributed by atoms with E-state index in [1.165, 1.54) is 4.88 Å². The molecule has 0 spiro atoms. The number of aromatic nitrogens is 3. The molecule has 0 radical (unpaired) electrons.